The molecule has 0 aliphatic carbocycles. The van der Waals surface area contributed by atoms with Gasteiger partial charge < -0.3 is 19.7 Å². The third kappa shape index (κ3) is 5.78. The van der Waals surface area contributed by atoms with Crippen molar-refractivity contribution in [2.75, 3.05) is 59.7 Å². The molecule has 2 aliphatic rings. The van der Waals surface area contributed by atoms with Crippen molar-refractivity contribution in [3.8, 4) is 0 Å². The Bertz CT molecular complexity index is 232. The Kier molecular flexibility index (Phi) is 7.14. The summed E-state index contributed by atoms with van der Waals surface area (Å²) >= 11 is 0. The average Bonchev–Trinajstić information content (AvgIpc) is 2.45. The van der Waals surface area contributed by atoms with E-state index in [2.05, 4.69) is 10.2 Å². The number of nitrogens with zero attached hydrogens (tertiary/aromatic N) is 1. The van der Waals surface area contributed by atoms with E-state index in [1.807, 2.05) is 0 Å². The Labute approximate surface area is 117 Å². The summed E-state index contributed by atoms with van der Waals surface area (Å²) < 4.78 is 10.5. The minimum atomic E-state index is 0.818. The molecule has 2 aliphatic heterocycles. The van der Waals surface area contributed by atoms with Crippen molar-refractivity contribution in [2.24, 2.45) is 11.8 Å². The first kappa shape index (κ1) is 15.2. The van der Waals surface area contributed by atoms with Gasteiger partial charge in [0.05, 0.1) is 6.61 Å². The van der Waals surface area contributed by atoms with Crippen molar-refractivity contribution in [2.45, 2.75) is 25.7 Å². The summed E-state index contributed by atoms with van der Waals surface area (Å²) in [6.45, 7) is 8.75. The highest BCUT2D eigenvalue weighted by molar-refractivity contribution is 4.77. The van der Waals surface area contributed by atoms with Crippen molar-refractivity contribution in [3.05, 3.63) is 0 Å². The van der Waals surface area contributed by atoms with Gasteiger partial charge in [-0.2, -0.15) is 0 Å². The Balaban J connectivity index is 1.62. The van der Waals surface area contributed by atoms with Crippen LogP contribution in [-0.2, 0) is 9.47 Å². The molecule has 1 atom stereocenters. The van der Waals surface area contributed by atoms with E-state index in [0.717, 1.165) is 44.7 Å². The molecule has 112 valence electrons. The molecule has 0 saturated carbocycles. The van der Waals surface area contributed by atoms with Crippen LogP contribution in [0.4, 0.5) is 0 Å². The van der Waals surface area contributed by atoms with E-state index in [9.17, 15) is 0 Å². The first-order valence-electron chi connectivity index (χ1n) is 7.88. The molecule has 4 nitrogen and oxygen atoms in total. The van der Waals surface area contributed by atoms with Gasteiger partial charge in [-0.1, -0.05) is 0 Å². The number of likely N-dealkylation sites (tertiary alicyclic amines) is 1. The molecular formula is C15H30N2O2. The van der Waals surface area contributed by atoms with Crippen LogP contribution in [0.3, 0.4) is 0 Å². The summed E-state index contributed by atoms with van der Waals surface area (Å²) in [6, 6.07) is 0. The monoisotopic (exact) mass is 270 g/mol. The SMILES string of the molecule is COCCNCC1CCCN(CC2CCOCC2)C1. The van der Waals surface area contributed by atoms with Gasteiger partial charge in [0.25, 0.3) is 0 Å². The molecule has 0 aromatic carbocycles. The second-order valence-corrected chi connectivity index (χ2v) is 6.02. The summed E-state index contributed by atoms with van der Waals surface area (Å²) in [7, 11) is 1.76. The van der Waals surface area contributed by atoms with Crippen LogP contribution in [0.25, 0.3) is 0 Å². The van der Waals surface area contributed by atoms with Crippen molar-refractivity contribution >= 4 is 0 Å². The van der Waals surface area contributed by atoms with E-state index in [1.165, 1.54) is 45.3 Å². The fourth-order valence-corrected chi connectivity index (χ4v) is 3.26. The van der Waals surface area contributed by atoms with Gasteiger partial charge in [-0.15, -0.1) is 0 Å². The Morgan fingerprint density at radius 1 is 1.21 bits per heavy atom. The van der Waals surface area contributed by atoms with Crippen LogP contribution in [0.15, 0.2) is 0 Å². The number of hydrogen-bond acceptors (Lipinski definition) is 4. The first-order valence-corrected chi connectivity index (χ1v) is 7.88. The quantitative estimate of drug-likeness (QED) is 0.708. The number of hydrogen-bond donors (Lipinski definition) is 1. The topological polar surface area (TPSA) is 33.7 Å². The summed E-state index contributed by atoms with van der Waals surface area (Å²) in [4.78, 5) is 2.68. The summed E-state index contributed by atoms with van der Waals surface area (Å²) in [5.41, 5.74) is 0. The molecule has 0 radical (unpaired) electrons. The second kappa shape index (κ2) is 8.90. The van der Waals surface area contributed by atoms with Crippen molar-refractivity contribution in [1.82, 2.24) is 10.2 Å². The van der Waals surface area contributed by atoms with E-state index in [-0.39, 0.29) is 0 Å². The molecule has 0 aromatic rings. The Morgan fingerprint density at radius 2 is 2.05 bits per heavy atom. The fourth-order valence-electron chi connectivity index (χ4n) is 3.26. The summed E-state index contributed by atoms with van der Waals surface area (Å²) in [5, 5.41) is 3.51. The van der Waals surface area contributed by atoms with E-state index in [0.29, 0.717) is 0 Å². The lowest BCUT2D eigenvalue weighted by Gasteiger charge is -2.36. The second-order valence-electron chi connectivity index (χ2n) is 6.02. The van der Waals surface area contributed by atoms with Gasteiger partial charge in [0, 0.05) is 40.0 Å². The maximum Gasteiger partial charge on any atom is 0.0587 e. The number of rotatable bonds is 7. The smallest absolute Gasteiger partial charge is 0.0587 e. The lowest BCUT2D eigenvalue weighted by molar-refractivity contribution is 0.0451. The number of ether oxygens (including phenoxy) is 2. The highest BCUT2D eigenvalue weighted by atomic mass is 16.5. The molecular weight excluding hydrogens is 240 g/mol. The zero-order valence-electron chi connectivity index (χ0n) is 12.4. The van der Waals surface area contributed by atoms with Crippen LogP contribution < -0.4 is 5.32 Å². The van der Waals surface area contributed by atoms with Crippen molar-refractivity contribution in [1.29, 1.82) is 0 Å². The largest absolute Gasteiger partial charge is 0.383 e. The van der Waals surface area contributed by atoms with Gasteiger partial charge in [0.15, 0.2) is 0 Å². The summed E-state index contributed by atoms with van der Waals surface area (Å²) in [5.74, 6) is 1.69. The maximum atomic E-state index is 5.45. The molecule has 1 unspecified atom stereocenters. The molecule has 2 fully saturated rings. The molecule has 0 bridgehead atoms. The number of methoxy groups -OCH3 is 1. The number of nitrogens with one attached hydrogen (secondary N) is 1. The average molecular weight is 270 g/mol. The molecule has 0 aromatic heterocycles. The third-order valence-corrected chi connectivity index (χ3v) is 4.38. The normalized spacial score (nSPS) is 26.7. The highest BCUT2D eigenvalue weighted by Crippen LogP contribution is 2.21. The minimum Gasteiger partial charge on any atom is -0.383 e. The summed E-state index contributed by atoms with van der Waals surface area (Å²) in [6.07, 6.45) is 5.25. The van der Waals surface area contributed by atoms with Crippen LogP contribution >= 0.6 is 0 Å². The van der Waals surface area contributed by atoms with Gasteiger partial charge in [0.2, 0.25) is 0 Å². The first-order chi connectivity index (χ1) is 9.38. The van der Waals surface area contributed by atoms with E-state index < -0.39 is 0 Å². The van der Waals surface area contributed by atoms with Crippen LogP contribution in [0.2, 0.25) is 0 Å². The standard InChI is InChI=1S/C15H30N2O2/c1-18-10-6-16-11-15-3-2-7-17(13-15)12-14-4-8-19-9-5-14/h14-16H,2-13H2,1H3. The van der Waals surface area contributed by atoms with Gasteiger partial charge in [-0.05, 0) is 50.6 Å². The van der Waals surface area contributed by atoms with Crippen LogP contribution in [0.1, 0.15) is 25.7 Å². The van der Waals surface area contributed by atoms with Gasteiger partial charge in [0.1, 0.15) is 0 Å². The van der Waals surface area contributed by atoms with Crippen molar-refractivity contribution in [3.63, 3.8) is 0 Å². The zero-order chi connectivity index (χ0) is 13.3. The molecule has 0 amide bonds. The minimum absolute atomic E-state index is 0.818. The van der Waals surface area contributed by atoms with Crippen LogP contribution in [0.5, 0.6) is 0 Å². The van der Waals surface area contributed by atoms with E-state index in [1.54, 1.807) is 7.11 Å². The highest BCUT2D eigenvalue weighted by Gasteiger charge is 2.23. The third-order valence-electron chi connectivity index (χ3n) is 4.38. The lowest BCUT2D eigenvalue weighted by Crippen LogP contribution is -2.42. The van der Waals surface area contributed by atoms with E-state index in [4.69, 9.17) is 9.47 Å². The van der Waals surface area contributed by atoms with Gasteiger partial charge in [-0.3, -0.25) is 0 Å². The molecule has 2 heterocycles. The van der Waals surface area contributed by atoms with Crippen LogP contribution in [0, 0.1) is 11.8 Å². The molecule has 0 spiro atoms. The predicted molar refractivity (Wildman–Crippen MR) is 77.5 cm³/mol. The molecule has 2 saturated heterocycles. The molecule has 1 N–H and O–H groups in total. The molecule has 2 rings (SSSR count). The zero-order valence-corrected chi connectivity index (χ0v) is 12.4. The van der Waals surface area contributed by atoms with Crippen molar-refractivity contribution < 1.29 is 9.47 Å². The maximum absolute atomic E-state index is 5.45. The predicted octanol–water partition coefficient (Wildman–Crippen LogP) is 1.36. The van der Waals surface area contributed by atoms with Gasteiger partial charge >= 0.3 is 0 Å². The Hall–Kier alpha value is -0.160. The lowest BCUT2D eigenvalue weighted by atomic mass is 9.94. The number of piperidine rings is 1. The van der Waals surface area contributed by atoms with Crippen LogP contribution in [-0.4, -0.2) is 64.6 Å². The van der Waals surface area contributed by atoms with Gasteiger partial charge in [-0.25, -0.2) is 0 Å². The Morgan fingerprint density at radius 3 is 2.84 bits per heavy atom. The fraction of sp³-hybridized carbons (Fsp3) is 1.00. The van der Waals surface area contributed by atoms with E-state index >= 15 is 0 Å². The molecule has 4 heteroatoms. The molecule has 19 heavy (non-hydrogen) atoms.